The molecule has 0 unspecified atom stereocenters. The van der Waals surface area contributed by atoms with Crippen LogP contribution in [-0.4, -0.2) is 16.3 Å². The first kappa shape index (κ1) is 14.8. The largest absolute Gasteiger partial charge is 0.573 e. The van der Waals surface area contributed by atoms with Gasteiger partial charge in [-0.15, -0.1) is 13.2 Å². The van der Waals surface area contributed by atoms with Crippen LogP contribution >= 0.6 is 22.6 Å². The normalized spacial score (nSPS) is 11.7. The first-order valence-corrected chi connectivity index (χ1v) is 5.08. The molecule has 0 bridgehead atoms. The Kier molecular flexibility index (Phi) is 4.24. The number of halogens is 6. The molecular weight excluding hydrogens is 382 g/mol. The molecule has 100 valence electrons. The number of nitrogens with zero attached hydrogens (tertiary/aromatic N) is 2. The van der Waals surface area contributed by atoms with Crippen LogP contribution in [0.4, 0.5) is 27.6 Å². The van der Waals surface area contributed by atoms with Crippen LogP contribution in [0.15, 0.2) is 6.20 Å². The highest BCUT2D eigenvalue weighted by Crippen LogP contribution is 2.40. The van der Waals surface area contributed by atoms with E-state index in [4.69, 9.17) is 0 Å². The van der Waals surface area contributed by atoms with E-state index in [1.807, 2.05) is 0 Å². The number of alkyl halides is 5. The van der Waals surface area contributed by atoms with Gasteiger partial charge in [0.25, 0.3) is 12.1 Å². The Morgan fingerprint density at radius 1 is 1.44 bits per heavy atom. The van der Waals surface area contributed by atoms with Crippen molar-refractivity contribution in [3.8, 4) is 5.75 Å². The molecule has 0 amide bonds. The minimum Gasteiger partial charge on any atom is -0.402 e. The van der Waals surface area contributed by atoms with E-state index in [1.54, 1.807) is 0 Å². The number of aromatic nitrogens is 1. The fraction of sp³-hybridized carbons (Fsp3) is 0.286. The van der Waals surface area contributed by atoms with Crippen LogP contribution in [0.25, 0.3) is 0 Å². The number of ether oxygens (including phenoxy) is 1. The highest BCUT2D eigenvalue weighted by atomic mass is 127. The monoisotopic (exact) mass is 384 g/mol. The van der Waals surface area contributed by atoms with Gasteiger partial charge in [0.05, 0.1) is 4.92 Å². The van der Waals surface area contributed by atoms with Gasteiger partial charge in [0, 0.05) is 0 Å². The van der Waals surface area contributed by atoms with Gasteiger partial charge in [0.1, 0.15) is 15.5 Å². The molecule has 1 aromatic heterocycles. The van der Waals surface area contributed by atoms with E-state index in [1.165, 1.54) is 22.6 Å². The van der Waals surface area contributed by atoms with Gasteiger partial charge in [-0.05, 0) is 22.6 Å². The Bertz CT molecular complexity index is 479. The van der Waals surface area contributed by atoms with Gasteiger partial charge in [-0.3, -0.25) is 10.1 Å². The van der Waals surface area contributed by atoms with Crippen LogP contribution in [-0.2, 0) is 0 Å². The summed E-state index contributed by atoms with van der Waals surface area (Å²) < 4.78 is 64.1. The average molecular weight is 384 g/mol. The summed E-state index contributed by atoms with van der Waals surface area (Å²) in [4.78, 5) is 12.4. The average Bonchev–Trinajstić information content (AvgIpc) is 2.17. The fourth-order valence-electron chi connectivity index (χ4n) is 1.04. The second-order valence-corrected chi connectivity index (χ2v) is 3.80. The number of rotatable bonds is 3. The lowest BCUT2D eigenvalue weighted by Gasteiger charge is -2.13. The van der Waals surface area contributed by atoms with Crippen LogP contribution < -0.4 is 4.74 Å². The molecule has 0 saturated carbocycles. The maximum atomic E-state index is 12.6. The third-order valence-corrected chi connectivity index (χ3v) is 2.41. The summed E-state index contributed by atoms with van der Waals surface area (Å²) in [7, 11) is 0. The molecule has 0 aromatic carbocycles. The van der Waals surface area contributed by atoms with Crippen molar-refractivity contribution in [1.82, 2.24) is 4.98 Å². The van der Waals surface area contributed by atoms with Crippen LogP contribution in [0, 0.1) is 13.8 Å². The molecule has 0 aliphatic carbocycles. The topological polar surface area (TPSA) is 65.3 Å². The Morgan fingerprint density at radius 3 is 2.39 bits per heavy atom. The molecule has 0 saturated heterocycles. The van der Waals surface area contributed by atoms with E-state index in [-0.39, 0.29) is 0 Å². The van der Waals surface area contributed by atoms with Crippen molar-refractivity contribution < 1.29 is 31.6 Å². The van der Waals surface area contributed by atoms with Crippen molar-refractivity contribution >= 4 is 28.3 Å². The van der Waals surface area contributed by atoms with Crippen LogP contribution in [0.5, 0.6) is 5.75 Å². The zero-order chi connectivity index (χ0) is 14.1. The van der Waals surface area contributed by atoms with Crippen molar-refractivity contribution in [1.29, 1.82) is 0 Å². The molecule has 0 radical (unpaired) electrons. The third-order valence-electron chi connectivity index (χ3n) is 1.64. The molecule has 0 N–H and O–H groups in total. The Labute approximate surface area is 109 Å². The molecule has 5 nitrogen and oxygen atoms in total. The van der Waals surface area contributed by atoms with Crippen molar-refractivity contribution in [2.75, 3.05) is 0 Å². The predicted molar refractivity (Wildman–Crippen MR) is 55.2 cm³/mol. The number of hydrogen-bond donors (Lipinski definition) is 0. The summed E-state index contributed by atoms with van der Waals surface area (Å²) in [5.74, 6) is -1.35. The highest BCUT2D eigenvalue weighted by Gasteiger charge is 2.38. The van der Waals surface area contributed by atoms with E-state index < -0.39 is 38.4 Å². The number of pyridine rings is 1. The zero-order valence-corrected chi connectivity index (χ0v) is 10.2. The summed E-state index contributed by atoms with van der Waals surface area (Å²) in [6.07, 6.45) is -8.30. The van der Waals surface area contributed by atoms with E-state index >= 15 is 0 Å². The molecule has 0 atom stereocenters. The van der Waals surface area contributed by atoms with Crippen LogP contribution in [0.1, 0.15) is 12.0 Å². The van der Waals surface area contributed by atoms with Crippen LogP contribution in [0.2, 0.25) is 0 Å². The maximum absolute atomic E-state index is 12.6. The Balaban J connectivity index is 3.46. The summed E-state index contributed by atoms with van der Waals surface area (Å²) in [5.41, 5.74) is -2.68. The smallest absolute Gasteiger partial charge is 0.402 e. The molecule has 1 aromatic rings. The standard InChI is InChI=1S/C7H2F5IN2O3/c8-5(9)3-2(15(16)17)1-14-6(13)4(3)18-7(10,11)12/h1,5H. The van der Waals surface area contributed by atoms with Gasteiger partial charge in [-0.25, -0.2) is 13.8 Å². The lowest BCUT2D eigenvalue weighted by molar-refractivity contribution is -0.386. The van der Waals surface area contributed by atoms with Gasteiger partial charge < -0.3 is 4.74 Å². The lowest BCUT2D eigenvalue weighted by Crippen LogP contribution is -2.20. The van der Waals surface area contributed by atoms with Crippen molar-refractivity contribution in [3.63, 3.8) is 0 Å². The first-order chi connectivity index (χ1) is 8.13. The SMILES string of the molecule is O=[N+]([O-])c1cnc(I)c(OC(F)(F)F)c1C(F)F. The Morgan fingerprint density at radius 2 is 2.00 bits per heavy atom. The second kappa shape index (κ2) is 5.16. The summed E-state index contributed by atoms with van der Waals surface area (Å²) >= 11 is 1.21. The molecular formula is C7H2F5IN2O3. The molecule has 0 fully saturated rings. The molecule has 0 spiro atoms. The van der Waals surface area contributed by atoms with Gasteiger partial charge in [0.15, 0.2) is 5.75 Å². The number of hydrogen-bond acceptors (Lipinski definition) is 4. The summed E-state index contributed by atoms with van der Waals surface area (Å²) in [6, 6.07) is 0. The van der Waals surface area contributed by atoms with E-state index in [0.717, 1.165) is 0 Å². The fourth-order valence-corrected chi connectivity index (χ4v) is 1.58. The minimum absolute atomic E-state index is 0.451. The quantitative estimate of drug-likeness (QED) is 0.263. The summed E-state index contributed by atoms with van der Waals surface area (Å²) in [6.45, 7) is 0. The minimum atomic E-state index is -5.25. The highest BCUT2D eigenvalue weighted by molar-refractivity contribution is 14.1. The first-order valence-electron chi connectivity index (χ1n) is 4.00. The van der Waals surface area contributed by atoms with Crippen molar-refractivity contribution in [3.05, 3.63) is 25.6 Å². The molecule has 0 aliphatic heterocycles. The molecule has 0 aliphatic rings. The van der Waals surface area contributed by atoms with Crippen molar-refractivity contribution in [2.45, 2.75) is 12.8 Å². The van der Waals surface area contributed by atoms with Gasteiger partial charge in [-0.2, -0.15) is 0 Å². The Hall–Kier alpha value is -1.27. The van der Waals surface area contributed by atoms with Crippen molar-refractivity contribution in [2.24, 2.45) is 0 Å². The summed E-state index contributed by atoms with van der Waals surface area (Å²) in [5, 5.41) is 10.4. The predicted octanol–water partition coefficient (Wildman–Crippen LogP) is 3.43. The van der Waals surface area contributed by atoms with E-state index in [0.29, 0.717) is 6.20 Å². The number of nitro groups is 1. The molecule has 18 heavy (non-hydrogen) atoms. The van der Waals surface area contributed by atoms with Gasteiger partial charge >= 0.3 is 6.36 Å². The molecule has 1 rings (SSSR count). The zero-order valence-electron chi connectivity index (χ0n) is 8.04. The van der Waals surface area contributed by atoms with Gasteiger partial charge in [-0.1, -0.05) is 0 Å². The maximum Gasteiger partial charge on any atom is 0.573 e. The third kappa shape index (κ3) is 3.36. The van der Waals surface area contributed by atoms with Crippen LogP contribution in [0.3, 0.4) is 0 Å². The molecule has 1 heterocycles. The lowest BCUT2D eigenvalue weighted by atomic mass is 10.2. The molecule has 11 heteroatoms. The second-order valence-electron chi connectivity index (χ2n) is 2.78. The van der Waals surface area contributed by atoms with Gasteiger partial charge in [0.2, 0.25) is 0 Å². The van der Waals surface area contributed by atoms with E-state index in [2.05, 4.69) is 9.72 Å². The van der Waals surface area contributed by atoms with E-state index in [9.17, 15) is 32.1 Å².